The lowest BCUT2D eigenvalue weighted by molar-refractivity contribution is -0.119. The highest BCUT2D eigenvalue weighted by Crippen LogP contribution is 2.13. The van der Waals surface area contributed by atoms with Crippen LogP contribution in [0.3, 0.4) is 0 Å². The molecule has 2 saturated heterocycles. The van der Waals surface area contributed by atoms with Crippen molar-refractivity contribution in [2.75, 3.05) is 19.7 Å². The van der Waals surface area contributed by atoms with Crippen LogP contribution in [0.25, 0.3) is 0 Å². The van der Waals surface area contributed by atoms with Crippen LogP contribution in [0.15, 0.2) is 0 Å². The number of amides is 3. The first kappa shape index (κ1) is 8.31. The molecule has 0 spiro atoms. The zero-order valence-corrected chi connectivity index (χ0v) is 7.03. The number of hydrogen-bond donors (Lipinski definition) is 2. The van der Waals surface area contributed by atoms with E-state index in [0.29, 0.717) is 19.7 Å². The topological polar surface area (TPSA) is 88.0 Å². The molecule has 3 N–H and O–H groups in total. The second-order valence-electron chi connectivity index (χ2n) is 3.26. The minimum Gasteiger partial charge on any atom is -0.371 e. The van der Waals surface area contributed by atoms with Crippen molar-refractivity contribution in [2.45, 2.75) is 12.1 Å². The summed E-state index contributed by atoms with van der Waals surface area (Å²) in [5.74, 6) is -0.493. The van der Waals surface area contributed by atoms with Crippen molar-refractivity contribution in [3.63, 3.8) is 0 Å². The Morgan fingerprint density at radius 3 is 2.92 bits per heavy atom. The summed E-state index contributed by atoms with van der Waals surface area (Å²) in [7, 11) is 0. The average molecular weight is 185 g/mol. The number of urea groups is 1. The molecule has 0 aliphatic carbocycles. The van der Waals surface area contributed by atoms with Gasteiger partial charge in [-0.2, -0.15) is 0 Å². The van der Waals surface area contributed by atoms with Crippen LogP contribution >= 0.6 is 0 Å². The van der Waals surface area contributed by atoms with Crippen LogP contribution in [-0.2, 0) is 9.53 Å². The summed E-state index contributed by atoms with van der Waals surface area (Å²) >= 11 is 0. The van der Waals surface area contributed by atoms with Gasteiger partial charge in [-0.05, 0) is 0 Å². The quantitative estimate of drug-likeness (QED) is 0.512. The third-order valence-corrected chi connectivity index (χ3v) is 2.16. The number of primary amides is 1. The van der Waals surface area contributed by atoms with Gasteiger partial charge in [0.15, 0.2) is 0 Å². The molecule has 2 fully saturated rings. The Hall–Kier alpha value is -1.30. The number of epoxide rings is 1. The molecule has 2 aliphatic rings. The zero-order chi connectivity index (χ0) is 9.42. The fraction of sp³-hybridized carbons (Fsp3) is 0.714. The monoisotopic (exact) mass is 185 g/mol. The largest absolute Gasteiger partial charge is 0.371 e. The Morgan fingerprint density at radius 2 is 2.46 bits per heavy atom. The Labute approximate surface area is 75.0 Å². The number of rotatable bonds is 3. The van der Waals surface area contributed by atoms with E-state index in [4.69, 9.17) is 10.5 Å². The molecule has 2 rings (SSSR count). The lowest BCUT2D eigenvalue weighted by Crippen LogP contribution is -2.39. The highest BCUT2D eigenvalue weighted by Gasteiger charge is 2.36. The molecule has 72 valence electrons. The summed E-state index contributed by atoms with van der Waals surface area (Å²) in [5, 5.41) is 2.49. The second-order valence-corrected chi connectivity index (χ2v) is 3.26. The molecule has 6 heteroatoms. The molecule has 3 amide bonds. The summed E-state index contributed by atoms with van der Waals surface area (Å²) in [6.07, 6.45) is 0.150. The summed E-state index contributed by atoms with van der Waals surface area (Å²) in [5.41, 5.74) is 5.06. The molecule has 0 aromatic carbocycles. The molecule has 2 heterocycles. The van der Waals surface area contributed by atoms with Crippen molar-refractivity contribution in [1.29, 1.82) is 0 Å². The molecule has 2 aliphatic heterocycles. The maximum Gasteiger partial charge on any atom is 0.318 e. The van der Waals surface area contributed by atoms with E-state index in [1.165, 1.54) is 0 Å². The van der Waals surface area contributed by atoms with E-state index in [1.54, 1.807) is 4.90 Å². The summed E-state index contributed by atoms with van der Waals surface area (Å²) < 4.78 is 4.98. The number of nitrogens with zero attached hydrogens (tertiary/aromatic N) is 1. The van der Waals surface area contributed by atoms with Crippen LogP contribution < -0.4 is 11.1 Å². The van der Waals surface area contributed by atoms with E-state index in [-0.39, 0.29) is 12.1 Å². The minimum atomic E-state index is -0.550. The number of nitrogens with two attached hydrogens (primary N) is 1. The first-order valence-electron chi connectivity index (χ1n) is 4.13. The predicted octanol–water partition coefficient (Wildman–Crippen LogP) is -1.74. The van der Waals surface area contributed by atoms with Crippen molar-refractivity contribution >= 4 is 11.9 Å². The third-order valence-electron chi connectivity index (χ3n) is 2.16. The molecular weight excluding hydrogens is 174 g/mol. The van der Waals surface area contributed by atoms with Crippen molar-refractivity contribution in [3.05, 3.63) is 0 Å². The first-order chi connectivity index (χ1) is 6.16. The van der Waals surface area contributed by atoms with Gasteiger partial charge in [0.2, 0.25) is 5.91 Å². The van der Waals surface area contributed by atoms with E-state index in [9.17, 15) is 9.59 Å². The molecule has 2 atom stereocenters. The summed E-state index contributed by atoms with van der Waals surface area (Å²) in [4.78, 5) is 23.5. The fourth-order valence-corrected chi connectivity index (χ4v) is 1.33. The summed E-state index contributed by atoms with van der Waals surface area (Å²) in [6, 6.07) is -0.787. The van der Waals surface area contributed by atoms with Crippen LogP contribution in [0.5, 0.6) is 0 Å². The lowest BCUT2D eigenvalue weighted by Gasteiger charge is -2.11. The van der Waals surface area contributed by atoms with Crippen LogP contribution in [0.4, 0.5) is 4.79 Å². The zero-order valence-electron chi connectivity index (χ0n) is 7.03. The Kier molecular flexibility index (Phi) is 1.84. The number of nitrogens with one attached hydrogen (secondary N) is 1. The fourth-order valence-electron chi connectivity index (χ4n) is 1.33. The minimum absolute atomic E-state index is 0.150. The van der Waals surface area contributed by atoms with Crippen LogP contribution in [0.2, 0.25) is 0 Å². The van der Waals surface area contributed by atoms with Gasteiger partial charge in [0, 0.05) is 0 Å². The van der Waals surface area contributed by atoms with E-state index >= 15 is 0 Å². The third kappa shape index (κ3) is 1.72. The molecule has 0 saturated carbocycles. The standard InChI is InChI=1S/C7H11N3O3/c8-6(11)5-2-10(7(12)9-5)1-4-3-13-4/h4-5H,1-3H2,(H2,8,11)(H,9,12). The molecule has 6 nitrogen and oxygen atoms in total. The van der Waals surface area contributed by atoms with E-state index in [2.05, 4.69) is 5.32 Å². The number of hydrogen-bond acceptors (Lipinski definition) is 3. The van der Waals surface area contributed by atoms with Crippen molar-refractivity contribution in [2.24, 2.45) is 5.73 Å². The van der Waals surface area contributed by atoms with Crippen LogP contribution in [0, 0.1) is 0 Å². The van der Waals surface area contributed by atoms with Gasteiger partial charge in [0.1, 0.15) is 6.04 Å². The van der Waals surface area contributed by atoms with Gasteiger partial charge in [-0.3, -0.25) is 4.79 Å². The normalized spacial score (nSPS) is 31.7. The van der Waals surface area contributed by atoms with Crippen LogP contribution in [-0.4, -0.2) is 48.7 Å². The average Bonchev–Trinajstić information content (AvgIpc) is 2.78. The van der Waals surface area contributed by atoms with E-state index < -0.39 is 11.9 Å². The number of carbonyl (C=O) groups is 2. The number of carbonyl (C=O) groups excluding carboxylic acids is 2. The van der Waals surface area contributed by atoms with Gasteiger partial charge in [-0.15, -0.1) is 0 Å². The Balaban J connectivity index is 1.90. The van der Waals surface area contributed by atoms with Crippen LogP contribution in [0.1, 0.15) is 0 Å². The highest BCUT2D eigenvalue weighted by atomic mass is 16.6. The molecule has 13 heavy (non-hydrogen) atoms. The molecule has 0 aromatic heterocycles. The predicted molar refractivity (Wildman–Crippen MR) is 42.8 cm³/mol. The lowest BCUT2D eigenvalue weighted by atomic mass is 10.3. The maximum atomic E-state index is 11.2. The SMILES string of the molecule is NC(=O)C1CN(CC2CO2)C(=O)N1. The summed E-state index contributed by atoms with van der Waals surface area (Å²) in [6.45, 7) is 1.61. The number of ether oxygens (including phenoxy) is 1. The van der Waals surface area contributed by atoms with Gasteiger partial charge in [-0.25, -0.2) is 4.79 Å². The van der Waals surface area contributed by atoms with E-state index in [0.717, 1.165) is 0 Å². The first-order valence-corrected chi connectivity index (χ1v) is 4.13. The van der Waals surface area contributed by atoms with Crippen molar-refractivity contribution < 1.29 is 14.3 Å². The van der Waals surface area contributed by atoms with E-state index in [1.807, 2.05) is 0 Å². The Bertz CT molecular complexity index is 251. The van der Waals surface area contributed by atoms with Crippen molar-refractivity contribution in [3.8, 4) is 0 Å². The molecule has 0 radical (unpaired) electrons. The Morgan fingerprint density at radius 1 is 1.77 bits per heavy atom. The van der Waals surface area contributed by atoms with Gasteiger partial charge in [0.25, 0.3) is 0 Å². The van der Waals surface area contributed by atoms with Gasteiger partial charge in [-0.1, -0.05) is 0 Å². The molecule has 0 aromatic rings. The van der Waals surface area contributed by atoms with Gasteiger partial charge < -0.3 is 20.7 Å². The molecule has 2 unspecified atom stereocenters. The van der Waals surface area contributed by atoms with Crippen molar-refractivity contribution in [1.82, 2.24) is 10.2 Å². The van der Waals surface area contributed by atoms with Gasteiger partial charge >= 0.3 is 6.03 Å². The highest BCUT2D eigenvalue weighted by molar-refractivity contribution is 5.89. The molecular formula is C7H11N3O3. The van der Waals surface area contributed by atoms with Gasteiger partial charge in [0.05, 0.1) is 25.8 Å². The molecule has 0 bridgehead atoms. The smallest absolute Gasteiger partial charge is 0.318 e. The maximum absolute atomic E-state index is 11.2. The second kappa shape index (κ2) is 2.88.